The second-order valence-electron chi connectivity index (χ2n) is 5.47. The Morgan fingerprint density at radius 3 is 2.58 bits per heavy atom. The predicted octanol–water partition coefficient (Wildman–Crippen LogP) is 3.52. The van der Waals surface area contributed by atoms with Gasteiger partial charge in [-0.05, 0) is 42.3 Å². The highest BCUT2D eigenvalue weighted by molar-refractivity contribution is 6.00. The number of urea groups is 1. The Labute approximate surface area is 137 Å². The summed E-state index contributed by atoms with van der Waals surface area (Å²) in [7, 11) is 0. The summed E-state index contributed by atoms with van der Waals surface area (Å²) in [5.41, 5.74) is 2.20. The molecule has 1 aliphatic rings. The van der Waals surface area contributed by atoms with Crippen LogP contribution in [-0.4, -0.2) is 18.5 Å². The van der Waals surface area contributed by atoms with E-state index in [1.165, 1.54) is 6.92 Å². The van der Waals surface area contributed by atoms with Gasteiger partial charge in [0.15, 0.2) is 0 Å². The molecule has 1 aliphatic heterocycles. The maximum absolute atomic E-state index is 13.5. The van der Waals surface area contributed by atoms with Crippen LogP contribution in [0.2, 0.25) is 0 Å². The van der Waals surface area contributed by atoms with Gasteiger partial charge in [0.05, 0.1) is 5.69 Å². The van der Waals surface area contributed by atoms with E-state index in [2.05, 4.69) is 10.6 Å². The van der Waals surface area contributed by atoms with Crippen LogP contribution in [0.25, 0.3) is 0 Å². The normalized spacial score (nSPS) is 12.7. The van der Waals surface area contributed by atoms with E-state index in [-0.39, 0.29) is 11.6 Å². The largest absolute Gasteiger partial charge is 0.323 e. The minimum absolute atomic E-state index is 0.0287. The van der Waals surface area contributed by atoms with E-state index < -0.39 is 17.7 Å². The molecule has 24 heavy (non-hydrogen) atoms. The van der Waals surface area contributed by atoms with Crippen LogP contribution in [0.5, 0.6) is 0 Å². The van der Waals surface area contributed by atoms with E-state index in [1.807, 2.05) is 0 Å². The van der Waals surface area contributed by atoms with Crippen molar-refractivity contribution in [2.75, 3.05) is 22.1 Å². The number of carbonyl (C=O) groups is 2. The molecule has 0 saturated carbocycles. The first-order valence-corrected chi connectivity index (χ1v) is 7.38. The summed E-state index contributed by atoms with van der Waals surface area (Å²) in [6, 6.07) is 7.47. The van der Waals surface area contributed by atoms with Crippen molar-refractivity contribution in [2.45, 2.75) is 13.3 Å². The molecular formula is C17H15F2N3O2. The molecule has 2 aromatic carbocycles. The molecule has 2 N–H and O–H groups in total. The third-order valence-corrected chi connectivity index (χ3v) is 3.79. The van der Waals surface area contributed by atoms with Gasteiger partial charge in [0.1, 0.15) is 11.6 Å². The lowest BCUT2D eigenvalue weighted by Gasteiger charge is -2.15. The zero-order valence-electron chi connectivity index (χ0n) is 12.9. The molecule has 0 fully saturated rings. The monoisotopic (exact) mass is 331 g/mol. The van der Waals surface area contributed by atoms with Gasteiger partial charge in [-0.3, -0.25) is 4.79 Å². The Balaban J connectivity index is 1.70. The number of nitrogens with zero attached hydrogens (tertiary/aromatic N) is 1. The number of benzene rings is 2. The lowest BCUT2D eigenvalue weighted by atomic mass is 10.1. The first-order chi connectivity index (χ1) is 11.4. The number of anilines is 3. The lowest BCUT2D eigenvalue weighted by Crippen LogP contribution is -2.25. The van der Waals surface area contributed by atoms with Gasteiger partial charge in [0.25, 0.3) is 0 Å². The van der Waals surface area contributed by atoms with E-state index in [0.29, 0.717) is 24.7 Å². The highest BCUT2D eigenvalue weighted by Crippen LogP contribution is 2.30. The van der Waals surface area contributed by atoms with E-state index in [9.17, 15) is 18.4 Å². The molecule has 3 amide bonds. The van der Waals surface area contributed by atoms with Crippen LogP contribution in [0.3, 0.4) is 0 Å². The van der Waals surface area contributed by atoms with Gasteiger partial charge in [-0.25, -0.2) is 13.6 Å². The Bertz CT molecular complexity index is 823. The molecular weight excluding hydrogens is 316 g/mol. The van der Waals surface area contributed by atoms with Gasteiger partial charge >= 0.3 is 6.03 Å². The molecule has 7 heteroatoms. The number of hydrogen-bond acceptors (Lipinski definition) is 2. The number of nitrogens with one attached hydrogen (secondary N) is 2. The van der Waals surface area contributed by atoms with Crippen molar-refractivity contribution in [3.8, 4) is 0 Å². The summed E-state index contributed by atoms with van der Waals surface area (Å²) in [5, 5.41) is 4.92. The fourth-order valence-electron chi connectivity index (χ4n) is 2.68. The second kappa shape index (κ2) is 6.27. The van der Waals surface area contributed by atoms with Gasteiger partial charge in [-0.15, -0.1) is 0 Å². The fourth-order valence-corrected chi connectivity index (χ4v) is 2.68. The lowest BCUT2D eigenvalue weighted by molar-refractivity contribution is -0.116. The maximum Gasteiger partial charge on any atom is 0.323 e. The van der Waals surface area contributed by atoms with Gasteiger partial charge in [-0.2, -0.15) is 0 Å². The summed E-state index contributed by atoms with van der Waals surface area (Å²) in [6.07, 6.45) is 0.707. The topological polar surface area (TPSA) is 61.4 Å². The maximum atomic E-state index is 13.5. The minimum atomic E-state index is -0.851. The van der Waals surface area contributed by atoms with Crippen molar-refractivity contribution in [3.63, 3.8) is 0 Å². The fraction of sp³-hybridized carbons (Fsp3) is 0.176. The Hall–Kier alpha value is -2.96. The molecule has 0 saturated heterocycles. The Kier molecular flexibility index (Phi) is 4.16. The smallest absolute Gasteiger partial charge is 0.312 e. The van der Waals surface area contributed by atoms with Crippen molar-refractivity contribution in [1.29, 1.82) is 0 Å². The van der Waals surface area contributed by atoms with Gasteiger partial charge < -0.3 is 15.5 Å². The standard InChI is InChI=1S/C17H15F2N3O2/c1-10(23)22-7-6-11-8-13(3-5-16(11)22)20-17(24)21-15-4-2-12(18)9-14(15)19/h2-5,8-9H,6-7H2,1H3,(H2,20,21,24). The molecule has 0 bridgehead atoms. The molecule has 0 atom stereocenters. The average molecular weight is 331 g/mol. The van der Waals surface area contributed by atoms with Gasteiger partial charge in [-0.1, -0.05) is 0 Å². The summed E-state index contributed by atoms with van der Waals surface area (Å²) in [6.45, 7) is 2.12. The number of carbonyl (C=O) groups excluding carboxylic acids is 2. The van der Waals surface area contributed by atoms with E-state index in [1.54, 1.807) is 23.1 Å². The number of hydrogen-bond donors (Lipinski definition) is 2. The Morgan fingerprint density at radius 1 is 1.08 bits per heavy atom. The molecule has 1 heterocycles. The molecule has 124 valence electrons. The van der Waals surface area contributed by atoms with E-state index in [4.69, 9.17) is 0 Å². The van der Waals surface area contributed by atoms with Crippen LogP contribution < -0.4 is 15.5 Å². The van der Waals surface area contributed by atoms with Crippen molar-refractivity contribution in [3.05, 3.63) is 53.6 Å². The summed E-state index contributed by atoms with van der Waals surface area (Å²) >= 11 is 0. The molecule has 0 aliphatic carbocycles. The number of rotatable bonds is 2. The molecule has 0 radical (unpaired) electrons. The quantitative estimate of drug-likeness (QED) is 0.884. The van der Waals surface area contributed by atoms with Crippen LogP contribution in [-0.2, 0) is 11.2 Å². The van der Waals surface area contributed by atoms with Crippen LogP contribution in [0.15, 0.2) is 36.4 Å². The first-order valence-electron chi connectivity index (χ1n) is 7.38. The SMILES string of the molecule is CC(=O)N1CCc2cc(NC(=O)Nc3ccc(F)cc3F)ccc21. The summed E-state index contributed by atoms with van der Waals surface area (Å²) in [4.78, 5) is 25.1. The van der Waals surface area contributed by atoms with Gasteiger partial charge in [0.2, 0.25) is 5.91 Å². The predicted molar refractivity (Wildman–Crippen MR) is 87.2 cm³/mol. The third kappa shape index (κ3) is 3.19. The number of halogens is 2. The molecule has 0 aromatic heterocycles. The number of amides is 3. The zero-order chi connectivity index (χ0) is 17.3. The molecule has 2 aromatic rings. The first kappa shape index (κ1) is 15.9. The highest BCUT2D eigenvalue weighted by atomic mass is 19.1. The average Bonchev–Trinajstić information content (AvgIpc) is 2.93. The zero-order valence-corrected chi connectivity index (χ0v) is 12.9. The second-order valence-corrected chi connectivity index (χ2v) is 5.47. The molecule has 0 spiro atoms. The van der Waals surface area contributed by atoms with E-state index in [0.717, 1.165) is 23.4 Å². The molecule has 3 rings (SSSR count). The third-order valence-electron chi connectivity index (χ3n) is 3.79. The van der Waals surface area contributed by atoms with Crippen molar-refractivity contribution < 1.29 is 18.4 Å². The van der Waals surface area contributed by atoms with Crippen molar-refractivity contribution in [2.24, 2.45) is 0 Å². The summed E-state index contributed by atoms with van der Waals surface area (Å²) < 4.78 is 26.4. The van der Waals surface area contributed by atoms with Gasteiger partial charge in [0, 0.05) is 30.9 Å². The summed E-state index contributed by atoms with van der Waals surface area (Å²) in [5.74, 6) is -1.60. The van der Waals surface area contributed by atoms with Crippen molar-refractivity contribution >= 4 is 29.0 Å². The minimum Gasteiger partial charge on any atom is -0.312 e. The molecule has 0 unspecified atom stereocenters. The van der Waals surface area contributed by atoms with E-state index >= 15 is 0 Å². The van der Waals surface area contributed by atoms with Crippen LogP contribution in [0.4, 0.5) is 30.6 Å². The molecule has 5 nitrogen and oxygen atoms in total. The van der Waals surface area contributed by atoms with Crippen LogP contribution >= 0.6 is 0 Å². The Morgan fingerprint density at radius 2 is 1.88 bits per heavy atom. The van der Waals surface area contributed by atoms with Crippen molar-refractivity contribution in [1.82, 2.24) is 0 Å². The highest BCUT2D eigenvalue weighted by Gasteiger charge is 2.22. The van der Waals surface area contributed by atoms with Crippen LogP contribution in [0.1, 0.15) is 12.5 Å². The number of fused-ring (bicyclic) bond motifs is 1. The van der Waals surface area contributed by atoms with Crippen LogP contribution in [0, 0.1) is 11.6 Å².